The fourth-order valence-corrected chi connectivity index (χ4v) is 1.22. The quantitative estimate of drug-likeness (QED) is 0.531. The molecule has 1 rings (SSSR count). The van der Waals surface area contributed by atoms with Gasteiger partial charge < -0.3 is 4.18 Å². The summed E-state index contributed by atoms with van der Waals surface area (Å²) in [6.45, 7) is 1.75. The van der Waals surface area contributed by atoms with Gasteiger partial charge in [-0.25, -0.2) is 4.99 Å². The van der Waals surface area contributed by atoms with E-state index in [-0.39, 0.29) is 5.92 Å². The maximum Gasteiger partial charge on any atom is 0.534 e. The Morgan fingerprint density at radius 2 is 2.00 bits per heavy atom. The molecule has 1 unspecified atom stereocenters. The van der Waals surface area contributed by atoms with Crippen molar-refractivity contribution >= 4 is 16.0 Å². The standard InChI is InChI=1S/C8H8F3NO3S/c1-6-2-3-7(12-5-4-6)15-16(13,14)8(9,10)11/h2-6H,1H3. The number of nitrogens with zero attached hydrogens (tertiary/aromatic N) is 1. The molecule has 90 valence electrons. The van der Waals surface area contributed by atoms with Gasteiger partial charge in [-0.1, -0.05) is 19.1 Å². The van der Waals surface area contributed by atoms with Gasteiger partial charge in [0.15, 0.2) is 0 Å². The highest BCUT2D eigenvalue weighted by atomic mass is 32.2. The first kappa shape index (κ1) is 12.8. The lowest BCUT2D eigenvalue weighted by atomic mass is 10.2. The van der Waals surface area contributed by atoms with Crippen molar-refractivity contribution in [1.82, 2.24) is 0 Å². The number of aliphatic imine (C=N–C) groups is 1. The van der Waals surface area contributed by atoms with Crippen molar-refractivity contribution in [2.24, 2.45) is 10.9 Å². The van der Waals surface area contributed by atoms with Gasteiger partial charge in [-0.2, -0.15) is 21.6 Å². The Morgan fingerprint density at radius 1 is 1.38 bits per heavy atom. The van der Waals surface area contributed by atoms with Gasteiger partial charge in [-0.15, -0.1) is 0 Å². The number of rotatable bonds is 1. The van der Waals surface area contributed by atoms with E-state index >= 15 is 0 Å². The zero-order valence-electron chi connectivity index (χ0n) is 8.10. The lowest BCUT2D eigenvalue weighted by molar-refractivity contribution is -0.0504. The largest absolute Gasteiger partial charge is 0.534 e. The highest BCUT2D eigenvalue weighted by Gasteiger charge is 2.49. The number of hydrogen-bond acceptors (Lipinski definition) is 4. The molecule has 0 bridgehead atoms. The molecule has 0 aromatic rings. The van der Waals surface area contributed by atoms with Crippen LogP contribution in [0.4, 0.5) is 13.2 Å². The molecule has 0 N–H and O–H groups in total. The van der Waals surface area contributed by atoms with Crippen molar-refractivity contribution in [2.75, 3.05) is 0 Å². The predicted molar refractivity (Wildman–Crippen MR) is 50.9 cm³/mol. The Kier molecular flexibility index (Phi) is 3.41. The lowest BCUT2D eigenvalue weighted by Crippen LogP contribution is -2.27. The molecule has 0 radical (unpaired) electrons. The Hall–Kier alpha value is -1.31. The SMILES string of the molecule is CC1C=CN=C(OS(=O)(=O)C(F)(F)F)C=C1. The van der Waals surface area contributed by atoms with Crippen LogP contribution in [-0.2, 0) is 14.3 Å². The maximum absolute atomic E-state index is 12.0. The van der Waals surface area contributed by atoms with Crippen molar-refractivity contribution in [1.29, 1.82) is 0 Å². The third kappa shape index (κ3) is 3.09. The van der Waals surface area contributed by atoms with E-state index in [1.807, 2.05) is 0 Å². The fourth-order valence-electron chi connectivity index (χ4n) is 0.802. The highest BCUT2D eigenvalue weighted by Crippen LogP contribution is 2.25. The molecule has 1 aliphatic heterocycles. The first-order chi connectivity index (χ1) is 7.22. The molecule has 0 fully saturated rings. The molecule has 4 nitrogen and oxygen atoms in total. The molecule has 1 aliphatic rings. The fraction of sp³-hybridized carbons (Fsp3) is 0.375. The maximum atomic E-state index is 12.0. The van der Waals surface area contributed by atoms with Gasteiger partial charge in [0.25, 0.3) is 0 Å². The van der Waals surface area contributed by atoms with Crippen LogP contribution < -0.4 is 0 Å². The van der Waals surface area contributed by atoms with E-state index < -0.39 is 21.5 Å². The summed E-state index contributed by atoms with van der Waals surface area (Å²) in [5.41, 5.74) is -5.45. The van der Waals surface area contributed by atoms with Crippen LogP contribution in [0.3, 0.4) is 0 Å². The molecule has 0 aromatic heterocycles. The van der Waals surface area contributed by atoms with E-state index in [1.54, 1.807) is 13.0 Å². The molecule has 0 spiro atoms. The summed E-state index contributed by atoms with van der Waals surface area (Å²) in [5, 5.41) is 0. The lowest BCUT2D eigenvalue weighted by Gasteiger charge is -2.08. The third-order valence-electron chi connectivity index (χ3n) is 1.61. The Labute approximate surface area is 90.2 Å². The van der Waals surface area contributed by atoms with Crippen LogP contribution in [0.5, 0.6) is 0 Å². The van der Waals surface area contributed by atoms with E-state index in [2.05, 4.69) is 9.18 Å². The zero-order valence-corrected chi connectivity index (χ0v) is 8.92. The second kappa shape index (κ2) is 4.28. The van der Waals surface area contributed by atoms with Crippen LogP contribution in [-0.4, -0.2) is 19.8 Å². The normalized spacial score (nSPS) is 21.5. The minimum Gasteiger partial charge on any atom is -0.355 e. The van der Waals surface area contributed by atoms with E-state index in [0.717, 1.165) is 6.08 Å². The van der Waals surface area contributed by atoms with Crippen LogP contribution in [0, 0.1) is 5.92 Å². The Bertz CT molecular complexity index is 448. The Morgan fingerprint density at radius 3 is 2.56 bits per heavy atom. The number of alkyl halides is 3. The van der Waals surface area contributed by atoms with E-state index in [4.69, 9.17) is 0 Å². The van der Waals surface area contributed by atoms with Crippen molar-refractivity contribution in [2.45, 2.75) is 12.4 Å². The molecule has 0 aromatic carbocycles. The van der Waals surface area contributed by atoms with Gasteiger partial charge >= 0.3 is 15.6 Å². The van der Waals surface area contributed by atoms with Crippen LogP contribution in [0.2, 0.25) is 0 Å². The van der Waals surface area contributed by atoms with Crippen molar-refractivity contribution in [3.63, 3.8) is 0 Å². The zero-order chi connectivity index (χ0) is 12.4. The third-order valence-corrected chi connectivity index (χ3v) is 2.57. The number of allylic oxidation sites excluding steroid dienone is 2. The van der Waals surface area contributed by atoms with Crippen molar-refractivity contribution < 1.29 is 25.8 Å². The van der Waals surface area contributed by atoms with Gasteiger partial charge in [0.05, 0.1) is 0 Å². The number of hydrogen-bond donors (Lipinski definition) is 0. The smallest absolute Gasteiger partial charge is 0.355 e. The summed E-state index contributed by atoms with van der Waals surface area (Å²) in [4.78, 5) is 3.42. The molecule has 0 amide bonds. The summed E-state index contributed by atoms with van der Waals surface area (Å²) >= 11 is 0. The second-order valence-electron chi connectivity index (χ2n) is 3.01. The average molecular weight is 255 g/mol. The highest BCUT2D eigenvalue weighted by molar-refractivity contribution is 7.88. The monoisotopic (exact) mass is 255 g/mol. The van der Waals surface area contributed by atoms with Gasteiger partial charge in [0.2, 0.25) is 5.90 Å². The molecule has 16 heavy (non-hydrogen) atoms. The predicted octanol–water partition coefficient (Wildman–Crippen LogP) is 1.97. The van der Waals surface area contributed by atoms with Crippen molar-refractivity contribution in [3.05, 3.63) is 24.4 Å². The molecular formula is C8H8F3NO3S. The minimum absolute atomic E-state index is 0.0570. The minimum atomic E-state index is -5.65. The van der Waals surface area contributed by atoms with Crippen LogP contribution >= 0.6 is 0 Å². The van der Waals surface area contributed by atoms with Crippen LogP contribution in [0.15, 0.2) is 29.4 Å². The van der Waals surface area contributed by atoms with E-state index in [1.165, 1.54) is 12.3 Å². The summed E-state index contributed by atoms with van der Waals surface area (Å²) in [6.07, 6.45) is 5.31. The molecule has 0 saturated carbocycles. The van der Waals surface area contributed by atoms with Crippen LogP contribution in [0.25, 0.3) is 0 Å². The second-order valence-corrected chi connectivity index (χ2v) is 4.55. The van der Waals surface area contributed by atoms with Crippen molar-refractivity contribution in [3.8, 4) is 0 Å². The van der Waals surface area contributed by atoms with E-state index in [0.29, 0.717) is 0 Å². The van der Waals surface area contributed by atoms with Crippen LogP contribution in [0.1, 0.15) is 6.92 Å². The van der Waals surface area contributed by atoms with E-state index in [9.17, 15) is 21.6 Å². The summed E-state index contributed by atoms with van der Waals surface area (Å²) < 4.78 is 61.0. The summed E-state index contributed by atoms with van der Waals surface area (Å²) in [5.74, 6) is -0.670. The molecule has 1 atom stereocenters. The summed E-state index contributed by atoms with van der Waals surface area (Å²) in [7, 11) is -5.65. The molecule has 8 heteroatoms. The Balaban J connectivity index is 2.88. The molecule has 0 saturated heterocycles. The van der Waals surface area contributed by atoms with Gasteiger partial charge in [-0.3, -0.25) is 0 Å². The first-order valence-corrected chi connectivity index (χ1v) is 5.56. The van der Waals surface area contributed by atoms with Gasteiger partial charge in [0, 0.05) is 6.20 Å². The topological polar surface area (TPSA) is 55.7 Å². The molecule has 0 aliphatic carbocycles. The first-order valence-electron chi connectivity index (χ1n) is 4.16. The van der Waals surface area contributed by atoms with Gasteiger partial charge in [0.1, 0.15) is 0 Å². The average Bonchev–Trinajstić information content (AvgIpc) is 2.28. The van der Waals surface area contributed by atoms with Gasteiger partial charge in [-0.05, 0) is 12.0 Å². The number of halogens is 3. The summed E-state index contributed by atoms with van der Waals surface area (Å²) in [6, 6.07) is 0. The molecular weight excluding hydrogens is 247 g/mol. The molecule has 1 heterocycles.